The van der Waals surface area contributed by atoms with Gasteiger partial charge in [-0.05, 0) is 56.1 Å². The van der Waals surface area contributed by atoms with Crippen LogP contribution in [0.3, 0.4) is 0 Å². The van der Waals surface area contributed by atoms with E-state index in [4.69, 9.17) is 16.3 Å². The molecule has 0 aliphatic heterocycles. The molecular weight excluding hydrogens is 412 g/mol. The van der Waals surface area contributed by atoms with Crippen molar-refractivity contribution in [3.8, 4) is 11.4 Å². The number of rotatable bonds is 10. The van der Waals surface area contributed by atoms with Gasteiger partial charge in [-0.2, -0.15) is 0 Å². The van der Waals surface area contributed by atoms with E-state index in [1.165, 1.54) is 12.8 Å². The summed E-state index contributed by atoms with van der Waals surface area (Å²) in [6, 6.07) is 4.86. The number of halogens is 1. The Labute approximate surface area is 189 Å². The van der Waals surface area contributed by atoms with Crippen LogP contribution in [0.25, 0.3) is 11.4 Å². The minimum absolute atomic E-state index is 0.412. The molecule has 2 fully saturated rings. The third kappa shape index (κ3) is 6.28. The Kier molecular flexibility index (Phi) is 7.25. The van der Waals surface area contributed by atoms with Crippen LogP contribution in [-0.2, 0) is 4.74 Å². The topological polar surface area (TPSA) is 84.0 Å². The second-order valence-corrected chi connectivity index (χ2v) is 9.53. The highest BCUT2D eigenvalue weighted by atomic mass is 35.5. The SMILES string of the molecule is COCCNC1CCC(Nc2cc(-c3nccc(NCC4(C)CC4)n3)c(Cl)cn2)CC1. The molecule has 0 spiro atoms. The molecule has 31 heavy (non-hydrogen) atoms. The fraction of sp³-hybridized carbons (Fsp3) is 0.609. The van der Waals surface area contributed by atoms with E-state index in [1.54, 1.807) is 19.5 Å². The lowest BCUT2D eigenvalue weighted by Crippen LogP contribution is -2.38. The number of ether oxygens (including phenoxy) is 1. The van der Waals surface area contributed by atoms with Crippen LogP contribution in [0.15, 0.2) is 24.5 Å². The summed E-state index contributed by atoms with van der Waals surface area (Å²) < 4.78 is 5.12. The fourth-order valence-corrected chi connectivity index (χ4v) is 4.17. The molecule has 8 heteroatoms. The molecule has 0 aromatic carbocycles. The van der Waals surface area contributed by atoms with Crippen LogP contribution in [0.4, 0.5) is 11.6 Å². The van der Waals surface area contributed by atoms with E-state index < -0.39 is 0 Å². The largest absolute Gasteiger partial charge is 0.383 e. The first-order chi connectivity index (χ1) is 15.0. The summed E-state index contributed by atoms with van der Waals surface area (Å²) in [4.78, 5) is 13.6. The maximum absolute atomic E-state index is 6.46. The van der Waals surface area contributed by atoms with Gasteiger partial charge in [0.2, 0.25) is 0 Å². The van der Waals surface area contributed by atoms with Gasteiger partial charge in [-0.25, -0.2) is 15.0 Å². The Hall–Kier alpha value is -1.96. The van der Waals surface area contributed by atoms with Crippen LogP contribution in [0.2, 0.25) is 5.02 Å². The minimum Gasteiger partial charge on any atom is -0.383 e. The molecule has 2 saturated carbocycles. The number of nitrogens with zero attached hydrogens (tertiary/aromatic N) is 3. The van der Waals surface area contributed by atoms with Crippen molar-refractivity contribution in [2.24, 2.45) is 5.41 Å². The predicted octanol–water partition coefficient (Wildman–Crippen LogP) is 4.36. The molecule has 2 aromatic heterocycles. The van der Waals surface area contributed by atoms with E-state index in [9.17, 15) is 0 Å². The number of aromatic nitrogens is 3. The third-order valence-corrected chi connectivity index (χ3v) is 6.67. The van der Waals surface area contributed by atoms with Crippen LogP contribution >= 0.6 is 11.6 Å². The molecule has 0 unspecified atom stereocenters. The number of anilines is 2. The van der Waals surface area contributed by atoms with Gasteiger partial charge in [0.25, 0.3) is 0 Å². The number of nitrogens with one attached hydrogen (secondary N) is 3. The van der Waals surface area contributed by atoms with Gasteiger partial charge < -0.3 is 20.7 Å². The van der Waals surface area contributed by atoms with E-state index in [2.05, 4.69) is 37.8 Å². The lowest BCUT2D eigenvalue weighted by atomic mass is 9.91. The molecule has 0 saturated heterocycles. The van der Waals surface area contributed by atoms with Gasteiger partial charge in [-0.15, -0.1) is 0 Å². The summed E-state index contributed by atoms with van der Waals surface area (Å²) >= 11 is 6.46. The molecule has 3 N–H and O–H groups in total. The highest BCUT2D eigenvalue weighted by Gasteiger charge is 2.36. The normalized spacial score (nSPS) is 22.2. The monoisotopic (exact) mass is 444 g/mol. The average molecular weight is 445 g/mol. The molecule has 2 aliphatic rings. The Morgan fingerprint density at radius 2 is 1.90 bits per heavy atom. The number of methoxy groups -OCH3 is 1. The third-order valence-electron chi connectivity index (χ3n) is 6.37. The summed E-state index contributed by atoms with van der Waals surface area (Å²) in [5, 5.41) is 11.1. The van der Waals surface area contributed by atoms with Crippen molar-refractivity contribution < 1.29 is 4.74 Å². The predicted molar refractivity (Wildman–Crippen MR) is 126 cm³/mol. The molecule has 0 amide bonds. The minimum atomic E-state index is 0.412. The molecule has 2 aliphatic carbocycles. The van der Waals surface area contributed by atoms with E-state index in [1.807, 2.05) is 12.1 Å². The first-order valence-corrected chi connectivity index (χ1v) is 11.6. The van der Waals surface area contributed by atoms with Crippen molar-refractivity contribution in [3.05, 3.63) is 29.5 Å². The maximum atomic E-state index is 6.46. The molecule has 2 aromatic rings. The first-order valence-electron chi connectivity index (χ1n) is 11.3. The second-order valence-electron chi connectivity index (χ2n) is 9.12. The van der Waals surface area contributed by atoms with Gasteiger partial charge in [0.05, 0.1) is 11.6 Å². The van der Waals surface area contributed by atoms with Gasteiger partial charge in [0.1, 0.15) is 11.6 Å². The molecule has 0 radical (unpaired) electrons. The van der Waals surface area contributed by atoms with Crippen molar-refractivity contribution in [3.63, 3.8) is 0 Å². The average Bonchev–Trinajstić information content (AvgIpc) is 3.53. The fourth-order valence-electron chi connectivity index (χ4n) is 3.99. The molecule has 0 bridgehead atoms. The van der Waals surface area contributed by atoms with Crippen LogP contribution in [0.5, 0.6) is 0 Å². The molecule has 168 valence electrons. The van der Waals surface area contributed by atoms with E-state index in [-0.39, 0.29) is 0 Å². The summed E-state index contributed by atoms with van der Waals surface area (Å²) in [6.07, 6.45) is 10.5. The highest BCUT2D eigenvalue weighted by Crippen LogP contribution is 2.44. The van der Waals surface area contributed by atoms with Crippen LogP contribution in [0.1, 0.15) is 45.4 Å². The van der Waals surface area contributed by atoms with Crippen molar-refractivity contribution in [2.75, 3.05) is 37.4 Å². The lowest BCUT2D eigenvalue weighted by Gasteiger charge is -2.30. The van der Waals surface area contributed by atoms with Gasteiger partial charge in [-0.1, -0.05) is 18.5 Å². The zero-order valence-electron chi connectivity index (χ0n) is 18.5. The smallest absolute Gasteiger partial charge is 0.163 e. The molecule has 0 atom stereocenters. The van der Waals surface area contributed by atoms with Gasteiger partial charge in [0.15, 0.2) is 5.82 Å². The maximum Gasteiger partial charge on any atom is 0.163 e. The van der Waals surface area contributed by atoms with Gasteiger partial charge in [-0.3, -0.25) is 0 Å². The Morgan fingerprint density at radius 1 is 1.13 bits per heavy atom. The Bertz CT molecular complexity index is 867. The van der Waals surface area contributed by atoms with Gasteiger partial charge in [0, 0.05) is 50.2 Å². The highest BCUT2D eigenvalue weighted by molar-refractivity contribution is 6.33. The van der Waals surface area contributed by atoms with Gasteiger partial charge >= 0.3 is 0 Å². The Morgan fingerprint density at radius 3 is 2.65 bits per heavy atom. The number of hydrogen-bond donors (Lipinski definition) is 3. The summed E-state index contributed by atoms with van der Waals surface area (Å²) in [7, 11) is 1.74. The lowest BCUT2D eigenvalue weighted by molar-refractivity contribution is 0.191. The summed E-state index contributed by atoms with van der Waals surface area (Å²) in [5.41, 5.74) is 1.21. The van der Waals surface area contributed by atoms with Crippen LogP contribution < -0.4 is 16.0 Å². The van der Waals surface area contributed by atoms with Crippen molar-refractivity contribution >= 4 is 23.2 Å². The van der Waals surface area contributed by atoms with Crippen molar-refractivity contribution in [2.45, 2.75) is 57.5 Å². The van der Waals surface area contributed by atoms with Crippen molar-refractivity contribution in [1.29, 1.82) is 0 Å². The number of hydrogen-bond acceptors (Lipinski definition) is 7. The molecular formula is C23H33ClN6O. The van der Waals surface area contributed by atoms with Crippen molar-refractivity contribution in [1.82, 2.24) is 20.3 Å². The van der Waals surface area contributed by atoms with Crippen LogP contribution in [0, 0.1) is 5.41 Å². The zero-order chi connectivity index (χ0) is 21.7. The quantitative estimate of drug-likeness (QED) is 0.469. The standard InChI is InChI=1S/C23H33ClN6O/c1-23(8-9-23)15-28-20-7-10-26-22(30-20)18-13-21(27-14-19(18)24)29-17-5-3-16(4-6-17)25-11-12-31-2/h7,10,13-14,16-17,25H,3-6,8-9,11-12,15H2,1-2H3,(H,27,29)(H,26,28,30). The molecule has 4 rings (SSSR count). The van der Waals surface area contributed by atoms with E-state index >= 15 is 0 Å². The molecule has 2 heterocycles. The van der Waals surface area contributed by atoms with Crippen LogP contribution in [-0.4, -0.2) is 53.8 Å². The van der Waals surface area contributed by atoms with E-state index in [0.717, 1.165) is 62.6 Å². The summed E-state index contributed by atoms with van der Waals surface area (Å²) in [6.45, 7) is 4.90. The second kappa shape index (κ2) is 10.1. The van der Waals surface area contributed by atoms with E-state index in [0.29, 0.717) is 28.3 Å². The number of pyridine rings is 1. The first kappa shape index (κ1) is 22.2. The summed E-state index contributed by atoms with van der Waals surface area (Å²) in [5.74, 6) is 2.27. The molecule has 7 nitrogen and oxygen atoms in total. The zero-order valence-corrected chi connectivity index (χ0v) is 19.2. The Balaban J connectivity index is 1.36.